The van der Waals surface area contributed by atoms with E-state index < -0.39 is 0 Å². The van der Waals surface area contributed by atoms with Gasteiger partial charge in [0.1, 0.15) is 19.7 Å². The van der Waals surface area contributed by atoms with Gasteiger partial charge in [0.2, 0.25) is 0 Å². The number of non-ortho nitro benzene ring substituents is 1. The molecule has 4 nitrogen and oxygen atoms in total. The van der Waals surface area contributed by atoms with E-state index in [9.17, 15) is 10.1 Å². The zero-order valence-corrected chi connectivity index (χ0v) is 9.18. The fourth-order valence-corrected chi connectivity index (χ4v) is 1.81. The van der Waals surface area contributed by atoms with Crippen molar-refractivity contribution >= 4 is 29.2 Å². The molecule has 16 heavy (non-hydrogen) atoms. The standard InChI is InChI=1S/C11H11BN2O2/c1-12-10-3-4-11(14(15)16)9-7-13(2)6-5-8(9)10/h3-7H,1-2H3/q+1. The van der Waals surface area contributed by atoms with Gasteiger partial charge >= 0.3 is 0 Å². The molecule has 1 aromatic heterocycles. The Morgan fingerprint density at radius 1 is 1.31 bits per heavy atom. The van der Waals surface area contributed by atoms with Crippen molar-refractivity contribution in [2.45, 2.75) is 6.82 Å². The van der Waals surface area contributed by atoms with Gasteiger partial charge in [-0.1, -0.05) is 18.4 Å². The molecule has 1 radical (unpaired) electrons. The van der Waals surface area contributed by atoms with Crippen LogP contribution in [0.4, 0.5) is 5.69 Å². The first-order chi connectivity index (χ1) is 7.63. The van der Waals surface area contributed by atoms with Gasteiger partial charge in [-0.25, -0.2) is 4.57 Å². The molecule has 0 atom stereocenters. The molecule has 1 aromatic carbocycles. The maximum absolute atomic E-state index is 10.9. The SMILES string of the molecule is C[B]c1ccc([N+](=O)[O-])c2c[n+](C)ccc12. The molecule has 1 heterocycles. The number of pyridine rings is 1. The van der Waals surface area contributed by atoms with Crippen molar-refractivity contribution in [2.75, 3.05) is 0 Å². The van der Waals surface area contributed by atoms with E-state index in [4.69, 9.17) is 0 Å². The summed E-state index contributed by atoms with van der Waals surface area (Å²) in [5.74, 6) is 0. The molecule has 2 aromatic rings. The molecule has 0 N–H and O–H groups in total. The number of hydrogen-bond acceptors (Lipinski definition) is 2. The van der Waals surface area contributed by atoms with Crippen LogP contribution >= 0.6 is 0 Å². The van der Waals surface area contributed by atoms with E-state index in [0.717, 1.165) is 10.8 Å². The minimum Gasteiger partial charge on any atom is -0.258 e. The topological polar surface area (TPSA) is 47.0 Å². The largest absolute Gasteiger partial charge is 0.283 e. The molecular weight excluding hydrogens is 203 g/mol. The molecule has 0 aliphatic carbocycles. The smallest absolute Gasteiger partial charge is 0.258 e. The summed E-state index contributed by atoms with van der Waals surface area (Å²) in [5.41, 5.74) is 1.16. The predicted octanol–water partition coefficient (Wildman–Crippen LogP) is 0.950. The van der Waals surface area contributed by atoms with E-state index in [2.05, 4.69) is 0 Å². The third-order valence-electron chi connectivity index (χ3n) is 2.61. The number of nitro groups is 1. The fourth-order valence-electron chi connectivity index (χ4n) is 1.81. The minimum atomic E-state index is -0.345. The highest BCUT2D eigenvalue weighted by atomic mass is 16.6. The number of benzene rings is 1. The Kier molecular flexibility index (Phi) is 2.60. The minimum absolute atomic E-state index is 0.150. The molecule has 0 spiro atoms. The lowest BCUT2D eigenvalue weighted by atomic mass is 9.71. The van der Waals surface area contributed by atoms with Gasteiger partial charge in [-0.2, -0.15) is 0 Å². The number of rotatable bonds is 2. The van der Waals surface area contributed by atoms with Gasteiger partial charge in [0.25, 0.3) is 5.69 Å². The van der Waals surface area contributed by atoms with E-state index in [1.54, 1.807) is 18.3 Å². The molecular formula is C11H11BN2O2+. The number of hydrogen-bond donors (Lipinski definition) is 0. The second-order valence-corrected chi connectivity index (χ2v) is 3.66. The lowest BCUT2D eigenvalue weighted by Gasteiger charge is -2.03. The molecule has 79 valence electrons. The van der Waals surface area contributed by atoms with Crippen molar-refractivity contribution in [3.8, 4) is 0 Å². The molecule has 5 heteroatoms. The summed E-state index contributed by atoms with van der Waals surface area (Å²) in [5, 5.41) is 12.5. The van der Waals surface area contributed by atoms with Crippen molar-refractivity contribution in [3.05, 3.63) is 40.7 Å². The fraction of sp³-hybridized carbons (Fsp3) is 0.182. The number of fused-ring (bicyclic) bond motifs is 1. The quantitative estimate of drug-likeness (QED) is 0.323. The van der Waals surface area contributed by atoms with Gasteiger partial charge in [-0.3, -0.25) is 10.1 Å². The Hall–Kier alpha value is -1.91. The second-order valence-electron chi connectivity index (χ2n) is 3.66. The van der Waals surface area contributed by atoms with Gasteiger partial charge < -0.3 is 0 Å². The van der Waals surface area contributed by atoms with Crippen LogP contribution in [0.2, 0.25) is 6.82 Å². The molecule has 0 saturated carbocycles. The maximum Gasteiger partial charge on any atom is 0.283 e. The Morgan fingerprint density at radius 2 is 2.06 bits per heavy atom. The molecule has 0 bridgehead atoms. The van der Waals surface area contributed by atoms with Gasteiger partial charge in [0, 0.05) is 12.1 Å². The molecule has 0 aliphatic rings. The predicted molar refractivity (Wildman–Crippen MR) is 63.0 cm³/mol. The average Bonchev–Trinajstić information content (AvgIpc) is 2.26. The normalized spacial score (nSPS) is 10.4. The molecule has 0 amide bonds. The van der Waals surface area contributed by atoms with Crippen LogP contribution in [-0.2, 0) is 7.05 Å². The van der Waals surface area contributed by atoms with E-state index in [-0.39, 0.29) is 10.6 Å². The summed E-state index contributed by atoms with van der Waals surface area (Å²) in [4.78, 5) is 10.6. The van der Waals surface area contributed by atoms with E-state index in [1.807, 2.05) is 38.0 Å². The molecule has 0 fully saturated rings. The summed E-state index contributed by atoms with van der Waals surface area (Å²) in [6, 6.07) is 5.23. The van der Waals surface area contributed by atoms with Gasteiger partial charge in [0.05, 0.1) is 4.92 Å². The first-order valence-electron chi connectivity index (χ1n) is 4.99. The monoisotopic (exact) mass is 214 g/mol. The van der Waals surface area contributed by atoms with E-state index >= 15 is 0 Å². The summed E-state index contributed by atoms with van der Waals surface area (Å²) in [6.45, 7) is 1.92. The summed E-state index contributed by atoms with van der Waals surface area (Å²) >= 11 is 0. The van der Waals surface area contributed by atoms with Crippen molar-refractivity contribution in [2.24, 2.45) is 7.05 Å². The van der Waals surface area contributed by atoms with E-state index in [0.29, 0.717) is 5.39 Å². The Morgan fingerprint density at radius 3 is 2.69 bits per heavy atom. The van der Waals surface area contributed by atoms with Crippen LogP contribution in [0.25, 0.3) is 10.8 Å². The summed E-state index contributed by atoms with van der Waals surface area (Å²) in [7, 11) is 3.80. The molecule has 0 saturated heterocycles. The van der Waals surface area contributed by atoms with Gasteiger partial charge in [0.15, 0.2) is 12.4 Å². The first-order valence-corrected chi connectivity index (χ1v) is 4.99. The lowest BCUT2D eigenvalue weighted by molar-refractivity contribution is -0.670. The Bertz CT molecular complexity index is 569. The highest BCUT2D eigenvalue weighted by Gasteiger charge is 2.16. The number of nitro benzene ring substituents is 1. The average molecular weight is 214 g/mol. The van der Waals surface area contributed by atoms with Crippen molar-refractivity contribution < 1.29 is 9.49 Å². The van der Waals surface area contributed by atoms with Crippen LogP contribution in [0.3, 0.4) is 0 Å². The van der Waals surface area contributed by atoms with Crippen LogP contribution < -0.4 is 10.0 Å². The highest BCUT2D eigenvalue weighted by molar-refractivity contribution is 6.55. The Balaban J connectivity index is 2.85. The van der Waals surface area contributed by atoms with Crippen molar-refractivity contribution in [1.29, 1.82) is 0 Å². The van der Waals surface area contributed by atoms with Crippen molar-refractivity contribution in [3.63, 3.8) is 0 Å². The van der Waals surface area contributed by atoms with Crippen LogP contribution in [0, 0.1) is 10.1 Å². The number of aryl methyl sites for hydroxylation is 1. The first kappa shape index (κ1) is 10.6. The van der Waals surface area contributed by atoms with E-state index in [1.165, 1.54) is 0 Å². The van der Waals surface area contributed by atoms with Gasteiger partial charge in [-0.15, -0.1) is 0 Å². The third kappa shape index (κ3) is 1.64. The zero-order valence-electron chi connectivity index (χ0n) is 9.18. The van der Waals surface area contributed by atoms with Gasteiger partial charge in [-0.05, 0) is 5.39 Å². The zero-order chi connectivity index (χ0) is 11.7. The number of nitrogens with zero attached hydrogens (tertiary/aromatic N) is 2. The number of aromatic nitrogens is 1. The highest BCUT2D eigenvalue weighted by Crippen LogP contribution is 2.21. The van der Waals surface area contributed by atoms with Crippen molar-refractivity contribution in [1.82, 2.24) is 0 Å². The molecule has 2 rings (SSSR count). The van der Waals surface area contributed by atoms with Crippen LogP contribution in [0.15, 0.2) is 30.6 Å². The lowest BCUT2D eigenvalue weighted by Crippen LogP contribution is -2.27. The molecule has 0 unspecified atom stereocenters. The third-order valence-corrected chi connectivity index (χ3v) is 2.61. The van der Waals surface area contributed by atoms with Crippen LogP contribution in [-0.4, -0.2) is 12.2 Å². The van der Waals surface area contributed by atoms with Crippen LogP contribution in [0.1, 0.15) is 0 Å². The molecule has 0 aliphatic heterocycles. The summed E-state index contributed by atoms with van der Waals surface area (Å²) in [6.07, 6.45) is 3.67. The second kappa shape index (κ2) is 3.92. The van der Waals surface area contributed by atoms with Crippen LogP contribution in [0.5, 0.6) is 0 Å². The maximum atomic E-state index is 10.9. The summed E-state index contributed by atoms with van der Waals surface area (Å²) < 4.78 is 1.81. The Labute approximate surface area is 93.9 Å².